The van der Waals surface area contributed by atoms with Gasteiger partial charge >= 0.3 is 0 Å². The summed E-state index contributed by atoms with van der Waals surface area (Å²) in [5, 5.41) is 3.76. The van der Waals surface area contributed by atoms with Gasteiger partial charge in [-0.25, -0.2) is 4.39 Å². The van der Waals surface area contributed by atoms with Crippen molar-refractivity contribution in [2.45, 2.75) is 32.2 Å². The minimum Gasteiger partial charge on any atom is -0.379 e. The molecule has 3 N–H and O–H groups in total. The zero-order chi connectivity index (χ0) is 19.6. The van der Waals surface area contributed by atoms with Crippen LogP contribution in [0.4, 0.5) is 10.1 Å². The molecule has 1 heterocycles. The highest BCUT2D eigenvalue weighted by molar-refractivity contribution is 8.13. The van der Waals surface area contributed by atoms with Gasteiger partial charge in [0.25, 0.3) is 5.91 Å². The first kappa shape index (κ1) is 19.7. The number of benzene rings is 1. The van der Waals surface area contributed by atoms with Crippen LogP contribution in [0.25, 0.3) is 0 Å². The summed E-state index contributed by atoms with van der Waals surface area (Å²) < 4.78 is 13.5. The Bertz CT molecular complexity index is 906. The maximum atomic E-state index is 13.5. The summed E-state index contributed by atoms with van der Waals surface area (Å²) >= 11 is 7.53. The van der Waals surface area contributed by atoms with Crippen LogP contribution in [0.5, 0.6) is 0 Å². The van der Waals surface area contributed by atoms with Gasteiger partial charge < -0.3 is 11.1 Å². The molecule has 0 saturated carbocycles. The predicted molar refractivity (Wildman–Crippen MR) is 112 cm³/mol. The first-order valence-electron chi connectivity index (χ1n) is 8.60. The lowest BCUT2D eigenvalue weighted by molar-refractivity contribution is -0.112. The third-order valence-electron chi connectivity index (χ3n) is 4.66. The lowest BCUT2D eigenvalue weighted by atomic mass is 9.88. The zero-order valence-electron chi connectivity index (χ0n) is 15.2. The second-order valence-corrected chi connectivity index (χ2v) is 8.41. The van der Waals surface area contributed by atoms with E-state index in [2.05, 4.69) is 10.3 Å². The molecule has 0 spiro atoms. The predicted octanol–water partition coefficient (Wildman–Crippen LogP) is 4.91. The molecular formula is C20H21ClFN3OS. The third kappa shape index (κ3) is 4.62. The fourth-order valence-corrected chi connectivity index (χ4v) is 4.21. The lowest BCUT2D eigenvalue weighted by Crippen LogP contribution is -2.29. The van der Waals surface area contributed by atoms with E-state index in [-0.39, 0.29) is 23.2 Å². The summed E-state index contributed by atoms with van der Waals surface area (Å²) in [6.07, 6.45) is 5.05. The van der Waals surface area contributed by atoms with Crippen LogP contribution < -0.4 is 11.1 Å². The molecule has 1 aliphatic heterocycles. The number of allylic oxidation sites excluding steroid dienone is 4. The van der Waals surface area contributed by atoms with E-state index in [1.807, 2.05) is 32.0 Å². The normalized spacial score (nSPS) is 22.8. The van der Waals surface area contributed by atoms with Crippen molar-refractivity contribution in [3.05, 3.63) is 64.0 Å². The van der Waals surface area contributed by atoms with Gasteiger partial charge in [0.2, 0.25) is 0 Å². The summed E-state index contributed by atoms with van der Waals surface area (Å²) in [6, 6.07) is 5.89. The number of carbonyl (C=O) groups is 1. The second kappa shape index (κ2) is 7.90. The molecule has 1 atom stereocenters. The van der Waals surface area contributed by atoms with Crippen LogP contribution in [0.3, 0.4) is 0 Å². The van der Waals surface area contributed by atoms with Gasteiger partial charge in [-0.1, -0.05) is 35.5 Å². The Hall–Kier alpha value is -2.05. The maximum absolute atomic E-state index is 13.5. The van der Waals surface area contributed by atoms with Crippen molar-refractivity contribution in [1.29, 1.82) is 0 Å². The van der Waals surface area contributed by atoms with E-state index in [4.69, 9.17) is 17.3 Å². The van der Waals surface area contributed by atoms with Crippen molar-refractivity contribution >= 4 is 40.1 Å². The number of nitrogens with two attached hydrogens (primary N) is 1. The van der Waals surface area contributed by atoms with Crippen LogP contribution in [0.2, 0.25) is 0 Å². The standard InChI is InChI=1S/C20H21ClFN3OS/c1-12-3-5-14(20(2)7-8-27-19(23)25-20)10-17(12)24-18(26)13-4-6-16(22)11-15(21)9-13/h3-6,9-10H,7-8,11H2,1-2H3,(H2,23,25)(H,24,26). The van der Waals surface area contributed by atoms with E-state index >= 15 is 0 Å². The second-order valence-electron chi connectivity index (χ2n) is 6.81. The number of amides is 1. The van der Waals surface area contributed by atoms with Gasteiger partial charge in [-0.2, -0.15) is 0 Å². The van der Waals surface area contributed by atoms with Crippen LogP contribution in [0, 0.1) is 6.92 Å². The number of amidine groups is 1. The molecule has 1 amide bonds. The summed E-state index contributed by atoms with van der Waals surface area (Å²) in [5.41, 5.74) is 8.39. The fourth-order valence-electron chi connectivity index (χ4n) is 2.99. The van der Waals surface area contributed by atoms with Gasteiger partial charge in [0, 0.05) is 28.5 Å². The van der Waals surface area contributed by atoms with Crippen LogP contribution >= 0.6 is 23.4 Å². The monoisotopic (exact) mass is 405 g/mol. The molecule has 27 heavy (non-hydrogen) atoms. The number of nitrogens with zero attached hydrogens (tertiary/aromatic N) is 1. The van der Waals surface area contributed by atoms with Crippen molar-refractivity contribution < 1.29 is 9.18 Å². The Kier molecular flexibility index (Phi) is 5.77. The Morgan fingerprint density at radius 3 is 2.93 bits per heavy atom. The first-order chi connectivity index (χ1) is 12.8. The number of anilines is 1. The fraction of sp³-hybridized carbons (Fsp3) is 0.300. The number of halogens is 2. The highest BCUT2D eigenvalue weighted by Crippen LogP contribution is 2.36. The van der Waals surface area contributed by atoms with E-state index in [0.717, 1.165) is 23.3 Å². The number of thioether (sulfide) groups is 1. The molecule has 142 valence electrons. The molecule has 0 fully saturated rings. The van der Waals surface area contributed by atoms with E-state index in [0.29, 0.717) is 16.4 Å². The molecule has 1 aromatic rings. The van der Waals surface area contributed by atoms with Crippen LogP contribution in [0.15, 0.2) is 57.9 Å². The smallest absolute Gasteiger partial charge is 0.255 e. The van der Waals surface area contributed by atoms with E-state index in [9.17, 15) is 9.18 Å². The van der Waals surface area contributed by atoms with Gasteiger partial charge in [-0.3, -0.25) is 9.79 Å². The third-order valence-corrected chi connectivity index (χ3v) is 5.70. The topological polar surface area (TPSA) is 67.5 Å². The molecule has 1 aliphatic carbocycles. The zero-order valence-corrected chi connectivity index (χ0v) is 16.8. The van der Waals surface area contributed by atoms with E-state index in [1.165, 1.54) is 18.2 Å². The van der Waals surface area contributed by atoms with Crippen LogP contribution in [-0.2, 0) is 10.3 Å². The lowest BCUT2D eigenvalue weighted by Gasteiger charge is -2.30. The highest BCUT2D eigenvalue weighted by atomic mass is 35.5. The minimum absolute atomic E-state index is 0.000852. The molecule has 0 saturated heterocycles. The molecule has 1 aromatic carbocycles. The molecule has 1 unspecified atom stereocenters. The Balaban J connectivity index is 1.88. The molecule has 0 bridgehead atoms. The van der Waals surface area contributed by atoms with Crippen molar-refractivity contribution in [3.63, 3.8) is 0 Å². The average Bonchev–Trinajstić information content (AvgIpc) is 2.76. The van der Waals surface area contributed by atoms with Crippen LogP contribution in [-0.4, -0.2) is 16.8 Å². The Morgan fingerprint density at radius 2 is 2.19 bits per heavy atom. The Labute approximate surface area is 167 Å². The van der Waals surface area contributed by atoms with E-state index in [1.54, 1.807) is 11.8 Å². The van der Waals surface area contributed by atoms with Crippen molar-refractivity contribution in [2.24, 2.45) is 10.7 Å². The number of nitrogens with one attached hydrogen (secondary N) is 1. The number of aliphatic imine (C=N–C) groups is 1. The number of carbonyl (C=O) groups excluding carboxylic acids is 1. The SMILES string of the molecule is Cc1ccc(C2(C)CCSC(N)=N2)cc1NC(=O)C1=CC=C(F)CC(Cl)=C1. The maximum Gasteiger partial charge on any atom is 0.255 e. The summed E-state index contributed by atoms with van der Waals surface area (Å²) in [7, 11) is 0. The highest BCUT2D eigenvalue weighted by Gasteiger charge is 2.30. The largest absolute Gasteiger partial charge is 0.379 e. The van der Waals surface area contributed by atoms with Crippen molar-refractivity contribution in [1.82, 2.24) is 0 Å². The van der Waals surface area contributed by atoms with Gasteiger partial charge in [0.05, 0.1) is 5.54 Å². The van der Waals surface area contributed by atoms with Gasteiger partial charge in [0.15, 0.2) is 5.17 Å². The quantitative estimate of drug-likeness (QED) is 0.751. The van der Waals surface area contributed by atoms with Gasteiger partial charge in [-0.15, -0.1) is 0 Å². The Morgan fingerprint density at radius 1 is 1.41 bits per heavy atom. The summed E-state index contributed by atoms with van der Waals surface area (Å²) in [6.45, 7) is 3.96. The van der Waals surface area contributed by atoms with Gasteiger partial charge in [-0.05, 0) is 55.7 Å². The van der Waals surface area contributed by atoms with Gasteiger partial charge in [0.1, 0.15) is 5.83 Å². The molecule has 4 nitrogen and oxygen atoms in total. The molecular weight excluding hydrogens is 385 g/mol. The van der Waals surface area contributed by atoms with Crippen molar-refractivity contribution in [3.8, 4) is 0 Å². The molecule has 0 radical (unpaired) electrons. The molecule has 3 rings (SSSR count). The number of hydrogen-bond acceptors (Lipinski definition) is 4. The molecule has 2 aliphatic rings. The van der Waals surface area contributed by atoms with Crippen LogP contribution in [0.1, 0.15) is 30.9 Å². The molecule has 0 aromatic heterocycles. The van der Waals surface area contributed by atoms with Crippen molar-refractivity contribution in [2.75, 3.05) is 11.1 Å². The molecule has 7 heteroatoms. The number of hydrogen-bond donors (Lipinski definition) is 2. The number of rotatable bonds is 3. The number of aryl methyl sites for hydroxylation is 1. The minimum atomic E-state index is -0.417. The summed E-state index contributed by atoms with van der Waals surface area (Å²) in [4.78, 5) is 17.3. The average molecular weight is 406 g/mol. The van der Waals surface area contributed by atoms with E-state index < -0.39 is 5.54 Å². The first-order valence-corrected chi connectivity index (χ1v) is 9.96. The summed E-state index contributed by atoms with van der Waals surface area (Å²) in [5.74, 6) is 0.178.